The minimum Gasteiger partial charge on any atom is -0.309 e. The van der Waals surface area contributed by atoms with Gasteiger partial charge in [0.25, 0.3) is 0 Å². The minimum absolute atomic E-state index is 0.133. The SMILES string of the molecule is CCCNC(C)c1csc(N2C(=O)CC(C)CC2=O)n1. The van der Waals surface area contributed by atoms with E-state index in [0.717, 1.165) is 18.7 Å². The standard InChI is InChI=1S/C14H21N3O2S/c1-4-5-15-10(3)11-8-20-14(16-11)17-12(18)6-9(2)7-13(17)19/h8-10,15H,4-7H2,1-3H3. The second kappa shape index (κ2) is 6.45. The molecule has 20 heavy (non-hydrogen) atoms. The van der Waals surface area contributed by atoms with Crippen molar-refractivity contribution < 1.29 is 9.59 Å². The second-order valence-corrected chi connectivity index (χ2v) is 6.20. The zero-order valence-electron chi connectivity index (χ0n) is 12.2. The third-order valence-electron chi connectivity index (χ3n) is 3.39. The van der Waals surface area contributed by atoms with Crippen LogP contribution in [0.3, 0.4) is 0 Å². The topological polar surface area (TPSA) is 62.3 Å². The number of thiazole rings is 1. The first-order valence-electron chi connectivity index (χ1n) is 7.07. The average molecular weight is 295 g/mol. The van der Waals surface area contributed by atoms with Gasteiger partial charge < -0.3 is 5.32 Å². The summed E-state index contributed by atoms with van der Waals surface area (Å²) in [4.78, 5) is 29.7. The molecule has 0 aliphatic carbocycles. The number of anilines is 1. The summed E-state index contributed by atoms with van der Waals surface area (Å²) in [5, 5.41) is 5.77. The number of nitrogens with zero attached hydrogens (tertiary/aromatic N) is 2. The fourth-order valence-electron chi connectivity index (χ4n) is 2.25. The van der Waals surface area contributed by atoms with Crippen LogP contribution in [0.1, 0.15) is 51.8 Å². The summed E-state index contributed by atoms with van der Waals surface area (Å²) in [5.74, 6) is -0.136. The molecule has 1 atom stereocenters. The summed E-state index contributed by atoms with van der Waals surface area (Å²) in [7, 11) is 0. The van der Waals surface area contributed by atoms with Gasteiger partial charge in [0.2, 0.25) is 11.8 Å². The van der Waals surface area contributed by atoms with Crippen molar-refractivity contribution in [2.75, 3.05) is 11.4 Å². The van der Waals surface area contributed by atoms with E-state index in [4.69, 9.17) is 0 Å². The Kier molecular flexibility index (Phi) is 4.88. The molecule has 1 aromatic rings. The molecule has 0 bridgehead atoms. The van der Waals surface area contributed by atoms with Gasteiger partial charge in [0, 0.05) is 24.3 Å². The number of amides is 2. The van der Waals surface area contributed by atoms with Crippen molar-refractivity contribution >= 4 is 28.3 Å². The molecule has 0 radical (unpaired) electrons. The lowest BCUT2D eigenvalue weighted by molar-refractivity contribution is -0.130. The van der Waals surface area contributed by atoms with Crippen LogP contribution < -0.4 is 10.2 Å². The van der Waals surface area contributed by atoms with E-state index in [-0.39, 0.29) is 23.8 Å². The van der Waals surface area contributed by atoms with E-state index in [0.29, 0.717) is 18.0 Å². The van der Waals surface area contributed by atoms with Gasteiger partial charge in [0.1, 0.15) is 0 Å². The molecule has 1 aliphatic heterocycles. The van der Waals surface area contributed by atoms with Crippen molar-refractivity contribution in [1.82, 2.24) is 10.3 Å². The van der Waals surface area contributed by atoms with E-state index < -0.39 is 0 Å². The number of aromatic nitrogens is 1. The fraction of sp³-hybridized carbons (Fsp3) is 0.643. The Morgan fingerprint density at radius 1 is 1.45 bits per heavy atom. The zero-order valence-corrected chi connectivity index (χ0v) is 13.0. The van der Waals surface area contributed by atoms with Gasteiger partial charge in [0.15, 0.2) is 5.13 Å². The van der Waals surface area contributed by atoms with E-state index in [9.17, 15) is 9.59 Å². The Hall–Kier alpha value is -1.27. The number of carbonyl (C=O) groups excluding carboxylic acids is 2. The molecule has 1 aliphatic rings. The number of piperidine rings is 1. The first-order valence-corrected chi connectivity index (χ1v) is 7.95. The summed E-state index contributed by atoms with van der Waals surface area (Å²) < 4.78 is 0. The number of nitrogens with one attached hydrogen (secondary N) is 1. The van der Waals surface area contributed by atoms with Crippen LogP contribution in [-0.2, 0) is 9.59 Å². The molecule has 2 amide bonds. The summed E-state index contributed by atoms with van der Waals surface area (Å²) in [6.45, 7) is 7.00. The first-order chi connectivity index (χ1) is 9.52. The van der Waals surface area contributed by atoms with E-state index in [1.807, 2.05) is 19.2 Å². The van der Waals surface area contributed by atoms with Crippen LogP contribution >= 0.6 is 11.3 Å². The van der Waals surface area contributed by atoms with Gasteiger partial charge >= 0.3 is 0 Å². The predicted octanol–water partition coefficient (Wildman–Crippen LogP) is 2.49. The Morgan fingerprint density at radius 3 is 2.70 bits per heavy atom. The number of hydrogen-bond acceptors (Lipinski definition) is 5. The lowest BCUT2D eigenvalue weighted by Gasteiger charge is -2.26. The highest BCUT2D eigenvalue weighted by molar-refractivity contribution is 7.14. The molecule has 1 saturated heterocycles. The average Bonchev–Trinajstić information content (AvgIpc) is 2.84. The van der Waals surface area contributed by atoms with E-state index >= 15 is 0 Å². The molecule has 5 nitrogen and oxygen atoms in total. The maximum absolute atomic E-state index is 12.0. The molecule has 1 N–H and O–H groups in total. The molecule has 0 saturated carbocycles. The molecule has 0 aromatic carbocycles. The van der Waals surface area contributed by atoms with Crippen LogP contribution in [0.25, 0.3) is 0 Å². The van der Waals surface area contributed by atoms with E-state index in [1.165, 1.54) is 16.2 Å². The van der Waals surface area contributed by atoms with Gasteiger partial charge in [-0.25, -0.2) is 9.88 Å². The van der Waals surface area contributed by atoms with Crippen LogP contribution in [0.15, 0.2) is 5.38 Å². The first kappa shape index (κ1) is 15.1. The molecule has 2 heterocycles. The largest absolute Gasteiger partial charge is 0.309 e. The monoisotopic (exact) mass is 295 g/mol. The maximum atomic E-state index is 12.0. The smallest absolute Gasteiger partial charge is 0.235 e. The summed E-state index contributed by atoms with van der Waals surface area (Å²) in [6.07, 6.45) is 1.90. The van der Waals surface area contributed by atoms with Crippen LogP contribution in [-0.4, -0.2) is 23.3 Å². The number of hydrogen-bond donors (Lipinski definition) is 1. The summed E-state index contributed by atoms with van der Waals surface area (Å²) >= 11 is 1.36. The van der Waals surface area contributed by atoms with Gasteiger partial charge in [-0.1, -0.05) is 13.8 Å². The fourth-order valence-corrected chi connectivity index (χ4v) is 3.20. The zero-order chi connectivity index (χ0) is 14.7. The van der Waals surface area contributed by atoms with Crippen molar-refractivity contribution in [3.8, 4) is 0 Å². The predicted molar refractivity (Wildman–Crippen MR) is 79.7 cm³/mol. The van der Waals surface area contributed by atoms with Crippen molar-refractivity contribution in [2.24, 2.45) is 5.92 Å². The van der Waals surface area contributed by atoms with Crippen molar-refractivity contribution in [2.45, 2.75) is 46.1 Å². The van der Waals surface area contributed by atoms with Crippen molar-refractivity contribution in [1.29, 1.82) is 0 Å². The number of rotatable bonds is 5. The molecule has 1 unspecified atom stereocenters. The van der Waals surface area contributed by atoms with E-state index in [1.54, 1.807) is 0 Å². The van der Waals surface area contributed by atoms with Gasteiger partial charge in [-0.05, 0) is 25.8 Å². The van der Waals surface area contributed by atoms with Gasteiger partial charge in [-0.3, -0.25) is 9.59 Å². The highest BCUT2D eigenvalue weighted by atomic mass is 32.1. The second-order valence-electron chi connectivity index (χ2n) is 5.37. The summed E-state index contributed by atoms with van der Waals surface area (Å²) in [5.41, 5.74) is 0.887. The van der Waals surface area contributed by atoms with Crippen LogP contribution in [0, 0.1) is 5.92 Å². The third kappa shape index (κ3) is 3.24. The highest BCUT2D eigenvalue weighted by Gasteiger charge is 2.33. The maximum Gasteiger partial charge on any atom is 0.235 e. The molecular formula is C14H21N3O2S. The quantitative estimate of drug-likeness (QED) is 0.848. The highest BCUT2D eigenvalue weighted by Crippen LogP contribution is 2.29. The lowest BCUT2D eigenvalue weighted by atomic mass is 9.98. The molecular weight excluding hydrogens is 274 g/mol. The summed E-state index contributed by atoms with van der Waals surface area (Å²) in [6, 6.07) is 0.133. The molecule has 0 spiro atoms. The van der Waals surface area contributed by atoms with Crippen molar-refractivity contribution in [3.05, 3.63) is 11.1 Å². The Labute approximate surface area is 123 Å². The van der Waals surface area contributed by atoms with Crippen LogP contribution in [0.2, 0.25) is 0 Å². The van der Waals surface area contributed by atoms with Crippen LogP contribution in [0.4, 0.5) is 5.13 Å². The molecule has 110 valence electrons. The molecule has 6 heteroatoms. The van der Waals surface area contributed by atoms with E-state index in [2.05, 4.69) is 17.2 Å². The number of carbonyl (C=O) groups is 2. The Bertz CT molecular complexity index is 482. The van der Waals surface area contributed by atoms with Gasteiger partial charge in [0.05, 0.1) is 5.69 Å². The third-order valence-corrected chi connectivity index (χ3v) is 4.23. The molecule has 1 aromatic heterocycles. The number of imide groups is 1. The van der Waals surface area contributed by atoms with Crippen molar-refractivity contribution in [3.63, 3.8) is 0 Å². The Morgan fingerprint density at radius 2 is 2.10 bits per heavy atom. The Balaban J connectivity index is 2.12. The van der Waals surface area contributed by atoms with Gasteiger partial charge in [-0.15, -0.1) is 11.3 Å². The minimum atomic E-state index is -0.135. The normalized spacial score (nSPS) is 18.6. The molecule has 2 rings (SSSR count). The molecule has 1 fully saturated rings. The van der Waals surface area contributed by atoms with Crippen LogP contribution in [0.5, 0.6) is 0 Å². The van der Waals surface area contributed by atoms with Gasteiger partial charge in [-0.2, -0.15) is 0 Å². The lowest BCUT2D eigenvalue weighted by Crippen LogP contribution is -2.42.